The van der Waals surface area contributed by atoms with Crippen molar-refractivity contribution in [2.24, 2.45) is 11.3 Å². The van der Waals surface area contributed by atoms with Gasteiger partial charge in [0.1, 0.15) is 0 Å². The Balaban J connectivity index is 1.67. The molecule has 2 aliphatic rings. The first kappa shape index (κ1) is 13.1. The molecule has 110 valence electrons. The second kappa shape index (κ2) is 4.70. The molecule has 2 unspecified atom stereocenters. The van der Waals surface area contributed by atoms with Crippen LogP contribution in [0.4, 0.5) is 5.13 Å². The molecule has 2 fully saturated rings. The molecule has 2 atom stereocenters. The Morgan fingerprint density at radius 3 is 3.14 bits per heavy atom. The monoisotopic (exact) mass is 302 g/mol. The molecule has 0 N–H and O–H groups in total. The van der Waals surface area contributed by atoms with Crippen LogP contribution >= 0.6 is 11.3 Å². The molecule has 4 rings (SSSR count). The van der Waals surface area contributed by atoms with E-state index < -0.39 is 0 Å². The number of hydrogen-bond acceptors (Lipinski definition) is 5. The number of rotatable bonds is 2. The van der Waals surface area contributed by atoms with Crippen LogP contribution in [0.1, 0.15) is 19.3 Å². The van der Waals surface area contributed by atoms with Crippen LogP contribution in [0, 0.1) is 11.3 Å². The number of methoxy groups -OCH3 is 1. The van der Waals surface area contributed by atoms with E-state index in [0.29, 0.717) is 5.92 Å². The first-order chi connectivity index (χ1) is 10.2. The molecule has 1 aromatic heterocycles. The highest BCUT2D eigenvalue weighted by molar-refractivity contribution is 7.22. The minimum Gasteiger partial charge on any atom is -0.469 e. The molecule has 1 aromatic carbocycles. The molecule has 0 amide bonds. The molecular weight excluding hydrogens is 284 g/mol. The quantitative estimate of drug-likeness (QED) is 0.800. The van der Waals surface area contributed by atoms with Crippen LogP contribution in [0.3, 0.4) is 0 Å². The number of anilines is 1. The summed E-state index contributed by atoms with van der Waals surface area (Å²) < 4.78 is 6.30. The van der Waals surface area contributed by atoms with Gasteiger partial charge in [0.25, 0.3) is 0 Å². The third kappa shape index (κ3) is 1.87. The van der Waals surface area contributed by atoms with Crippen molar-refractivity contribution in [1.29, 1.82) is 0 Å². The number of hydrogen-bond donors (Lipinski definition) is 0. The lowest BCUT2D eigenvalue weighted by Gasteiger charge is -2.25. The van der Waals surface area contributed by atoms with Crippen LogP contribution in [0.5, 0.6) is 0 Å². The fourth-order valence-electron chi connectivity index (χ4n) is 3.97. The average Bonchev–Trinajstić information content (AvgIpc) is 3.17. The molecule has 1 saturated carbocycles. The summed E-state index contributed by atoms with van der Waals surface area (Å²) in [6, 6.07) is 8.20. The van der Waals surface area contributed by atoms with Gasteiger partial charge in [-0.25, -0.2) is 4.98 Å². The zero-order valence-corrected chi connectivity index (χ0v) is 12.9. The number of para-hydroxylation sites is 1. The molecule has 0 bridgehead atoms. The molecule has 4 nitrogen and oxygen atoms in total. The van der Waals surface area contributed by atoms with Gasteiger partial charge in [0.05, 0.1) is 22.7 Å². The van der Waals surface area contributed by atoms with Gasteiger partial charge >= 0.3 is 5.97 Å². The van der Waals surface area contributed by atoms with Crippen LogP contribution in [-0.2, 0) is 9.53 Å². The summed E-state index contributed by atoms with van der Waals surface area (Å²) in [4.78, 5) is 19.3. The lowest BCUT2D eigenvalue weighted by atomic mass is 9.81. The van der Waals surface area contributed by atoms with E-state index in [4.69, 9.17) is 9.72 Å². The van der Waals surface area contributed by atoms with Crippen LogP contribution in [0.25, 0.3) is 10.2 Å². The van der Waals surface area contributed by atoms with Crippen LogP contribution < -0.4 is 4.90 Å². The summed E-state index contributed by atoms with van der Waals surface area (Å²) in [5.41, 5.74) is 0.744. The highest BCUT2D eigenvalue weighted by atomic mass is 32.1. The molecule has 2 aromatic rings. The number of aromatic nitrogens is 1. The van der Waals surface area contributed by atoms with Crippen LogP contribution in [0.2, 0.25) is 0 Å². The van der Waals surface area contributed by atoms with Crippen molar-refractivity contribution in [2.75, 3.05) is 25.1 Å². The highest BCUT2D eigenvalue weighted by Gasteiger charge is 2.55. The fraction of sp³-hybridized carbons (Fsp3) is 0.500. The number of carbonyl (C=O) groups is 1. The van der Waals surface area contributed by atoms with Crippen molar-refractivity contribution in [3.63, 3.8) is 0 Å². The van der Waals surface area contributed by atoms with E-state index in [1.165, 1.54) is 11.8 Å². The maximum absolute atomic E-state index is 12.3. The molecule has 5 heteroatoms. The molecular formula is C16H18N2O2S. The van der Waals surface area contributed by atoms with Crippen LogP contribution in [-0.4, -0.2) is 31.2 Å². The number of esters is 1. The zero-order valence-electron chi connectivity index (χ0n) is 12.0. The lowest BCUT2D eigenvalue weighted by molar-refractivity contribution is -0.152. The SMILES string of the molecule is COC(=O)C12CCCC1CN(c1nc3ccccc3s1)C2. The summed E-state index contributed by atoms with van der Waals surface area (Å²) >= 11 is 1.71. The zero-order chi connectivity index (χ0) is 14.4. The summed E-state index contributed by atoms with van der Waals surface area (Å²) in [5.74, 6) is 0.380. The molecule has 1 aliphatic carbocycles. The van der Waals surface area contributed by atoms with Gasteiger partial charge in [-0.05, 0) is 30.9 Å². The standard InChI is InChI=1S/C16H18N2O2S/c1-20-14(19)16-8-4-5-11(16)9-18(10-16)15-17-12-6-2-3-7-13(12)21-15/h2-3,6-7,11H,4-5,8-10H2,1H3. The van der Waals surface area contributed by atoms with E-state index in [1.54, 1.807) is 11.3 Å². The Kier molecular flexibility index (Phi) is 2.92. The number of thiazole rings is 1. The molecule has 2 heterocycles. The van der Waals surface area contributed by atoms with Gasteiger partial charge in [0, 0.05) is 13.1 Å². The van der Waals surface area contributed by atoms with Gasteiger partial charge < -0.3 is 9.64 Å². The maximum atomic E-state index is 12.3. The van der Waals surface area contributed by atoms with Gasteiger partial charge in [-0.3, -0.25) is 4.79 Å². The minimum atomic E-state index is -0.299. The third-order valence-corrected chi connectivity index (χ3v) is 6.11. The van der Waals surface area contributed by atoms with E-state index in [0.717, 1.165) is 43.0 Å². The first-order valence-electron chi connectivity index (χ1n) is 7.42. The lowest BCUT2D eigenvalue weighted by Crippen LogP contribution is -2.36. The largest absolute Gasteiger partial charge is 0.469 e. The van der Waals surface area contributed by atoms with Crippen LogP contribution in [0.15, 0.2) is 24.3 Å². The molecule has 21 heavy (non-hydrogen) atoms. The fourth-order valence-corrected chi connectivity index (χ4v) is 4.94. The number of benzene rings is 1. The minimum absolute atomic E-state index is 0.0337. The Morgan fingerprint density at radius 2 is 2.33 bits per heavy atom. The predicted molar refractivity (Wildman–Crippen MR) is 83.6 cm³/mol. The average molecular weight is 302 g/mol. The number of fused-ring (bicyclic) bond motifs is 2. The topological polar surface area (TPSA) is 42.4 Å². The Morgan fingerprint density at radius 1 is 1.48 bits per heavy atom. The first-order valence-corrected chi connectivity index (χ1v) is 8.23. The normalized spacial score (nSPS) is 28.0. The van der Waals surface area contributed by atoms with Crippen molar-refractivity contribution in [1.82, 2.24) is 4.98 Å². The van der Waals surface area contributed by atoms with Crippen molar-refractivity contribution in [3.05, 3.63) is 24.3 Å². The van der Waals surface area contributed by atoms with Gasteiger partial charge in [0.15, 0.2) is 5.13 Å². The number of carbonyl (C=O) groups excluding carboxylic acids is 1. The molecule has 0 spiro atoms. The highest BCUT2D eigenvalue weighted by Crippen LogP contribution is 2.51. The predicted octanol–water partition coefficient (Wildman–Crippen LogP) is 3.08. The second-order valence-corrected chi connectivity index (χ2v) is 7.09. The van der Waals surface area contributed by atoms with Gasteiger partial charge in [0.2, 0.25) is 0 Å². The maximum Gasteiger partial charge on any atom is 0.313 e. The van der Waals surface area contributed by atoms with Crippen molar-refractivity contribution in [2.45, 2.75) is 19.3 Å². The van der Waals surface area contributed by atoms with Gasteiger partial charge in [-0.1, -0.05) is 29.9 Å². The van der Waals surface area contributed by atoms with Gasteiger partial charge in [-0.2, -0.15) is 0 Å². The summed E-state index contributed by atoms with van der Waals surface area (Å²) in [6.45, 7) is 1.68. The Labute approximate surface area is 127 Å². The number of nitrogens with zero attached hydrogens (tertiary/aromatic N) is 2. The number of ether oxygens (including phenoxy) is 1. The molecule has 0 radical (unpaired) electrons. The smallest absolute Gasteiger partial charge is 0.313 e. The van der Waals surface area contributed by atoms with E-state index in [9.17, 15) is 4.79 Å². The molecule has 1 saturated heterocycles. The summed E-state index contributed by atoms with van der Waals surface area (Å²) in [5, 5.41) is 1.04. The Bertz CT molecular complexity index is 665. The van der Waals surface area contributed by atoms with E-state index in [2.05, 4.69) is 11.0 Å². The van der Waals surface area contributed by atoms with Crippen molar-refractivity contribution in [3.8, 4) is 0 Å². The summed E-state index contributed by atoms with van der Waals surface area (Å²) in [7, 11) is 1.51. The van der Waals surface area contributed by atoms with E-state index >= 15 is 0 Å². The van der Waals surface area contributed by atoms with E-state index in [-0.39, 0.29) is 11.4 Å². The Hall–Kier alpha value is -1.62. The van der Waals surface area contributed by atoms with Crippen molar-refractivity contribution < 1.29 is 9.53 Å². The molecule has 1 aliphatic heterocycles. The third-order valence-electron chi connectivity index (χ3n) is 5.02. The van der Waals surface area contributed by atoms with Crippen molar-refractivity contribution >= 4 is 32.7 Å². The van der Waals surface area contributed by atoms with E-state index in [1.807, 2.05) is 18.2 Å². The van der Waals surface area contributed by atoms with Gasteiger partial charge in [-0.15, -0.1) is 0 Å². The summed E-state index contributed by atoms with van der Waals surface area (Å²) in [6.07, 6.45) is 3.20. The second-order valence-electron chi connectivity index (χ2n) is 6.08.